The van der Waals surface area contributed by atoms with E-state index in [0.29, 0.717) is 10.9 Å². The van der Waals surface area contributed by atoms with Gasteiger partial charge in [-0.15, -0.1) is 23.1 Å². The number of hydrogen-bond donors (Lipinski definition) is 2. The number of rotatable bonds is 1. The molecule has 1 amide bonds. The zero-order valence-corrected chi connectivity index (χ0v) is 10.4. The maximum absolute atomic E-state index is 11.3. The summed E-state index contributed by atoms with van der Waals surface area (Å²) in [6.07, 6.45) is 0. The number of anilines is 2. The van der Waals surface area contributed by atoms with Crippen molar-refractivity contribution in [2.75, 3.05) is 16.8 Å². The highest BCUT2D eigenvalue weighted by molar-refractivity contribution is 8.00. The second kappa shape index (κ2) is 4.05. The van der Waals surface area contributed by atoms with E-state index in [4.69, 9.17) is 5.73 Å². The molecule has 1 aliphatic heterocycles. The molecule has 1 aromatic carbocycles. The number of hydrogen-bond acceptors (Lipinski definition) is 5. The van der Waals surface area contributed by atoms with E-state index in [1.807, 2.05) is 23.6 Å². The Morgan fingerprint density at radius 3 is 3.06 bits per heavy atom. The smallest absolute Gasteiger partial charge is 0.234 e. The molecule has 17 heavy (non-hydrogen) atoms. The molecule has 1 aliphatic rings. The largest absolute Gasteiger partial charge is 0.375 e. The van der Waals surface area contributed by atoms with Gasteiger partial charge in [0.15, 0.2) is 5.13 Å². The summed E-state index contributed by atoms with van der Waals surface area (Å²) in [5.41, 5.74) is 8.29. The van der Waals surface area contributed by atoms with Crippen molar-refractivity contribution in [2.45, 2.75) is 4.90 Å². The molecule has 3 rings (SSSR count). The van der Waals surface area contributed by atoms with Gasteiger partial charge in [-0.3, -0.25) is 4.79 Å². The van der Waals surface area contributed by atoms with Gasteiger partial charge in [0.2, 0.25) is 5.91 Å². The van der Waals surface area contributed by atoms with Gasteiger partial charge in [-0.2, -0.15) is 0 Å². The van der Waals surface area contributed by atoms with Crippen LogP contribution in [0.15, 0.2) is 28.5 Å². The third-order valence-corrected chi connectivity index (χ3v) is 4.18. The minimum absolute atomic E-state index is 0.0393. The van der Waals surface area contributed by atoms with Gasteiger partial charge >= 0.3 is 0 Å². The highest BCUT2D eigenvalue weighted by Gasteiger charge is 2.16. The number of amides is 1. The fraction of sp³-hybridized carbons (Fsp3) is 0.0909. The average molecular weight is 263 g/mol. The molecule has 0 saturated heterocycles. The molecule has 0 saturated carbocycles. The summed E-state index contributed by atoms with van der Waals surface area (Å²) in [4.78, 5) is 16.6. The van der Waals surface area contributed by atoms with Gasteiger partial charge < -0.3 is 11.1 Å². The third kappa shape index (κ3) is 2.01. The van der Waals surface area contributed by atoms with Crippen molar-refractivity contribution < 1.29 is 4.79 Å². The van der Waals surface area contributed by atoms with Crippen molar-refractivity contribution >= 4 is 39.8 Å². The third-order valence-electron chi connectivity index (χ3n) is 2.43. The number of aromatic nitrogens is 1. The molecule has 0 atom stereocenters. The zero-order chi connectivity index (χ0) is 11.8. The van der Waals surface area contributed by atoms with Crippen LogP contribution in [-0.4, -0.2) is 16.6 Å². The number of benzene rings is 1. The van der Waals surface area contributed by atoms with Gasteiger partial charge in [0, 0.05) is 15.8 Å². The monoisotopic (exact) mass is 263 g/mol. The minimum Gasteiger partial charge on any atom is -0.375 e. The molecule has 0 radical (unpaired) electrons. The molecule has 0 unspecified atom stereocenters. The van der Waals surface area contributed by atoms with Gasteiger partial charge in [0.25, 0.3) is 0 Å². The predicted molar refractivity (Wildman–Crippen MR) is 71.3 cm³/mol. The van der Waals surface area contributed by atoms with Crippen LogP contribution in [0.3, 0.4) is 0 Å². The van der Waals surface area contributed by atoms with Crippen LogP contribution in [0.4, 0.5) is 10.8 Å². The first-order valence-corrected chi connectivity index (χ1v) is 6.87. The maximum Gasteiger partial charge on any atom is 0.234 e. The van der Waals surface area contributed by atoms with Crippen LogP contribution in [-0.2, 0) is 4.79 Å². The van der Waals surface area contributed by atoms with Crippen LogP contribution < -0.4 is 11.1 Å². The molecule has 0 aliphatic carbocycles. The van der Waals surface area contributed by atoms with E-state index in [1.54, 1.807) is 11.8 Å². The van der Waals surface area contributed by atoms with Crippen molar-refractivity contribution in [2.24, 2.45) is 0 Å². The molecular weight excluding hydrogens is 254 g/mol. The second-order valence-corrected chi connectivity index (χ2v) is 5.53. The molecule has 2 aromatic rings. The Morgan fingerprint density at radius 2 is 2.29 bits per heavy atom. The number of carbonyl (C=O) groups is 1. The average Bonchev–Trinajstić information content (AvgIpc) is 2.75. The first-order valence-electron chi connectivity index (χ1n) is 5.00. The van der Waals surface area contributed by atoms with Crippen molar-refractivity contribution in [3.05, 3.63) is 23.6 Å². The first-order chi connectivity index (χ1) is 8.22. The summed E-state index contributed by atoms with van der Waals surface area (Å²) in [7, 11) is 0. The predicted octanol–water partition coefficient (Wildman–Crippen LogP) is 2.44. The number of nitrogen functional groups attached to an aromatic ring is 1. The van der Waals surface area contributed by atoms with Crippen LogP contribution in [0, 0.1) is 0 Å². The Labute approximate surface area is 106 Å². The molecule has 4 nitrogen and oxygen atoms in total. The summed E-state index contributed by atoms with van der Waals surface area (Å²) in [5, 5.41) is 5.32. The lowest BCUT2D eigenvalue weighted by atomic mass is 10.1. The Bertz CT molecular complexity index is 594. The minimum atomic E-state index is 0.0393. The number of nitrogens with one attached hydrogen (secondary N) is 1. The van der Waals surface area contributed by atoms with Crippen LogP contribution in [0.1, 0.15) is 0 Å². The molecule has 6 heteroatoms. The van der Waals surface area contributed by atoms with E-state index in [2.05, 4.69) is 10.3 Å². The lowest BCUT2D eigenvalue weighted by Gasteiger charge is -2.16. The molecule has 1 aromatic heterocycles. The number of thiazole rings is 1. The topological polar surface area (TPSA) is 68.0 Å². The summed E-state index contributed by atoms with van der Waals surface area (Å²) in [5.74, 6) is 0.521. The molecule has 0 fully saturated rings. The number of fused-ring (bicyclic) bond motifs is 1. The SMILES string of the molecule is Nc1nc(-c2ccc3c(c2)NC(=O)CS3)cs1. The standard InChI is InChI=1S/C11H9N3OS2/c12-11-14-8(4-17-11)6-1-2-9-7(3-6)13-10(15)5-16-9/h1-4H,5H2,(H2,12,14)(H,13,15). The quantitative estimate of drug-likeness (QED) is 0.829. The fourth-order valence-corrected chi connectivity index (χ4v) is 3.02. The highest BCUT2D eigenvalue weighted by Crippen LogP contribution is 2.35. The molecule has 0 bridgehead atoms. The highest BCUT2D eigenvalue weighted by atomic mass is 32.2. The van der Waals surface area contributed by atoms with E-state index >= 15 is 0 Å². The van der Waals surface area contributed by atoms with Gasteiger partial charge in [-0.25, -0.2) is 4.98 Å². The van der Waals surface area contributed by atoms with Crippen molar-refractivity contribution in [1.82, 2.24) is 4.98 Å². The van der Waals surface area contributed by atoms with E-state index in [0.717, 1.165) is 21.8 Å². The van der Waals surface area contributed by atoms with Crippen molar-refractivity contribution in [3.8, 4) is 11.3 Å². The number of nitrogens with two attached hydrogens (primary N) is 1. The maximum atomic E-state index is 11.3. The summed E-state index contributed by atoms with van der Waals surface area (Å²) < 4.78 is 0. The Hall–Kier alpha value is -1.53. The number of carbonyl (C=O) groups excluding carboxylic acids is 1. The molecule has 0 spiro atoms. The van der Waals surface area contributed by atoms with Gasteiger partial charge in [0.05, 0.1) is 17.1 Å². The second-order valence-electron chi connectivity index (χ2n) is 3.62. The van der Waals surface area contributed by atoms with Crippen LogP contribution >= 0.6 is 23.1 Å². The number of nitrogens with zero attached hydrogens (tertiary/aromatic N) is 1. The molecule has 2 heterocycles. The van der Waals surface area contributed by atoms with Crippen LogP contribution in [0.5, 0.6) is 0 Å². The fourth-order valence-electron chi connectivity index (χ4n) is 1.66. The summed E-state index contributed by atoms with van der Waals surface area (Å²) >= 11 is 2.96. The van der Waals surface area contributed by atoms with E-state index in [9.17, 15) is 4.79 Å². The Kier molecular flexibility index (Phi) is 2.53. The van der Waals surface area contributed by atoms with Gasteiger partial charge in [-0.1, -0.05) is 6.07 Å². The molecule has 3 N–H and O–H groups in total. The van der Waals surface area contributed by atoms with Crippen LogP contribution in [0.25, 0.3) is 11.3 Å². The number of thioether (sulfide) groups is 1. The van der Waals surface area contributed by atoms with E-state index in [-0.39, 0.29) is 5.91 Å². The lowest BCUT2D eigenvalue weighted by molar-refractivity contribution is -0.113. The lowest BCUT2D eigenvalue weighted by Crippen LogP contribution is -2.18. The van der Waals surface area contributed by atoms with Crippen molar-refractivity contribution in [3.63, 3.8) is 0 Å². The van der Waals surface area contributed by atoms with E-state index in [1.165, 1.54) is 11.3 Å². The normalized spacial score (nSPS) is 14.2. The van der Waals surface area contributed by atoms with Crippen LogP contribution in [0.2, 0.25) is 0 Å². The summed E-state index contributed by atoms with van der Waals surface area (Å²) in [6.45, 7) is 0. The van der Waals surface area contributed by atoms with E-state index < -0.39 is 0 Å². The molecule has 86 valence electrons. The van der Waals surface area contributed by atoms with Gasteiger partial charge in [-0.05, 0) is 12.1 Å². The van der Waals surface area contributed by atoms with Gasteiger partial charge in [0.1, 0.15) is 0 Å². The molecular formula is C11H9N3OS2. The Balaban J connectivity index is 2.03. The first kappa shape index (κ1) is 10.6. The van der Waals surface area contributed by atoms with Crippen molar-refractivity contribution in [1.29, 1.82) is 0 Å². The summed E-state index contributed by atoms with van der Waals surface area (Å²) in [6, 6.07) is 5.94. The Morgan fingerprint density at radius 1 is 1.41 bits per heavy atom. The zero-order valence-electron chi connectivity index (χ0n) is 8.77.